The van der Waals surface area contributed by atoms with Crippen molar-refractivity contribution in [2.45, 2.75) is 44.6 Å². The van der Waals surface area contributed by atoms with Crippen LogP contribution < -0.4 is 0 Å². The second-order valence-electron chi connectivity index (χ2n) is 8.27. The molecule has 3 aromatic rings. The van der Waals surface area contributed by atoms with Gasteiger partial charge in [-0.1, -0.05) is 12.1 Å². The lowest BCUT2D eigenvalue weighted by Crippen LogP contribution is -2.37. The number of halogens is 3. The number of carbonyl (C=O) groups is 1. The fraction of sp³-hybridized carbons (Fsp3) is 0.333. The summed E-state index contributed by atoms with van der Waals surface area (Å²) < 4.78 is 42.3. The average molecular weight is 425 g/mol. The monoisotopic (exact) mass is 425 g/mol. The molecule has 1 amide bonds. The van der Waals surface area contributed by atoms with Gasteiger partial charge >= 0.3 is 0 Å². The van der Waals surface area contributed by atoms with Crippen LogP contribution in [-0.2, 0) is 19.3 Å². The number of rotatable bonds is 4. The van der Waals surface area contributed by atoms with Gasteiger partial charge in [-0.2, -0.15) is 5.10 Å². The maximum Gasteiger partial charge on any atom is 0.274 e. The van der Waals surface area contributed by atoms with Gasteiger partial charge in [0.1, 0.15) is 5.82 Å². The van der Waals surface area contributed by atoms with Crippen molar-refractivity contribution in [3.63, 3.8) is 0 Å². The molecule has 31 heavy (non-hydrogen) atoms. The molecule has 4 nitrogen and oxygen atoms in total. The lowest BCUT2D eigenvalue weighted by atomic mass is 10.0. The number of amides is 1. The van der Waals surface area contributed by atoms with E-state index in [9.17, 15) is 18.0 Å². The number of nitrogens with zero attached hydrogens (tertiary/aromatic N) is 3. The first-order valence-electron chi connectivity index (χ1n) is 10.6. The van der Waals surface area contributed by atoms with E-state index < -0.39 is 11.6 Å². The summed E-state index contributed by atoms with van der Waals surface area (Å²) in [5.41, 5.74) is 3.45. The molecule has 160 valence electrons. The molecule has 1 aromatic heterocycles. The predicted octanol–water partition coefficient (Wildman–Crippen LogP) is 4.63. The molecule has 1 aliphatic carbocycles. The maximum atomic E-state index is 13.8. The summed E-state index contributed by atoms with van der Waals surface area (Å²) in [4.78, 5) is 15.3. The van der Waals surface area contributed by atoms with Crippen molar-refractivity contribution in [3.8, 4) is 5.69 Å². The van der Waals surface area contributed by atoms with Crippen LogP contribution in [0.15, 0.2) is 42.5 Å². The molecule has 1 unspecified atom stereocenters. The van der Waals surface area contributed by atoms with E-state index in [1.54, 1.807) is 10.7 Å². The van der Waals surface area contributed by atoms with E-state index in [1.807, 2.05) is 11.0 Å². The van der Waals surface area contributed by atoms with Crippen molar-refractivity contribution in [2.24, 2.45) is 0 Å². The predicted molar refractivity (Wildman–Crippen MR) is 110 cm³/mol. The Balaban J connectivity index is 1.46. The Hall–Kier alpha value is -3.09. The van der Waals surface area contributed by atoms with E-state index in [-0.39, 0.29) is 17.8 Å². The van der Waals surface area contributed by atoms with Gasteiger partial charge < -0.3 is 4.90 Å². The number of benzene rings is 2. The zero-order chi connectivity index (χ0) is 21.5. The van der Waals surface area contributed by atoms with Crippen LogP contribution in [0.4, 0.5) is 13.2 Å². The molecule has 5 rings (SSSR count). The first kappa shape index (κ1) is 19.8. The van der Waals surface area contributed by atoms with Gasteiger partial charge in [0.15, 0.2) is 17.3 Å². The van der Waals surface area contributed by atoms with Gasteiger partial charge in [0.05, 0.1) is 5.69 Å². The Bertz CT molecular complexity index is 1160. The van der Waals surface area contributed by atoms with Crippen LogP contribution in [0.25, 0.3) is 5.69 Å². The highest BCUT2D eigenvalue weighted by Crippen LogP contribution is 2.31. The smallest absolute Gasteiger partial charge is 0.274 e. The van der Waals surface area contributed by atoms with Crippen LogP contribution >= 0.6 is 0 Å². The van der Waals surface area contributed by atoms with Gasteiger partial charge in [-0.3, -0.25) is 4.79 Å². The number of hydrogen-bond acceptors (Lipinski definition) is 2. The van der Waals surface area contributed by atoms with Gasteiger partial charge in [0, 0.05) is 29.9 Å². The molecule has 0 saturated carbocycles. The number of fused-ring (bicyclic) bond motifs is 1. The SMILES string of the molecule is O=C(c1nn(-c2ccc(F)c(F)c2)c2c1CCC2)N1CCCC1Cc1cccc(F)c1. The molecule has 7 heteroatoms. The van der Waals surface area contributed by atoms with E-state index in [2.05, 4.69) is 5.10 Å². The van der Waals surface area contributed by atoms with Crippen LogP contribution in [0.5, 0.6) is 0 Å². The Morgan fingerprint density at radius 3 is 2.71 bits per heavy atom. The van der Waals surface area contributed by atoms with Crippen LogP contribution in [0.3, 0.4) is 0 Å². The van der Waals surface area contributed by atoms with E-state index in [0.29, 0.717) is 24.3 Å². The summed E-state index contributed by atoms with van der Waals surface area (Å²) >= 11 is 0. The third-order valence-corrected chi connectivity index (χ3v) is 6.28. The normalized spacial score (nSPS) is 17.9. The lowest BCUT2D eigenvalue weighted by Gasteiger charge is -2.24. The highest BCUT2D eigenvalue weighted by Gasteiger charge is 2.35. The van der Waals surface area contributed by atoms with Crippen LogP contribution in [0.2, 0.25) is 0 Å². The molecule has 2 aromatic carbocycles. The molecule has 1 aliphatic heterocycles. The highest BCUT2D eigenvalue weighted by molar-refractivity contribution is 5.94. The summed E-state index contributed by atoms with van der Waals surface area (Å²) in [5.74, 6) is -2.28. The van der Waals surface area contributed by atoms with Crippen LogP contribution in [0, 0.1) is 17.5 Å². The molecule has 0 N–H and O–H groups in total. The second-order valence-corrected chi connectivity index (χ2v) is 8.27. The molecule has 1 fully saturated rings. The molecule has 0 bridgehead atoms. The minimum absolute atomic E-state index is 0.0141. The molecule has 1 atom stereocenters. The Labute approximate surface area is 178 Å². The first-order chi connectivity index (χ1) is 15.0. The quantitative estimate of drug-likeness (QED) is 0.612. The maximum absolute atomic E-state index is 13.8. The molecule has 1 saturated heterocycles. The van der Waals surface area contributed by atoms with E-state index in [1.165, 1.54) is 18.2 Å². The molecular weight excluding hydrogens is 403 g/mol. The van der Waals surface area contributed by atoms with Crippen molar-refractivity contribution in [1.29, 1.82) is 0 Å². The van der Waals surface area contributed by atoms with Crippen molar-refractivity contribution in [2.75, 3.05) is 6.54 Å². The minimum atomic E-state index is -0.942. The first-order valence-corrected chi connectivity index (χ1v) is 10.6. The third kappa shape index (κ3) is 3.62. The van der Waals surface area contributed by atoms with Gasteiger partial charge in [-0.25, -0.2) is 17.9 Å². The minimum Gasteiger partial charge on any atom is -0.334 e. The molecular formula is C24H22F3N3O. The fourth-order valence-electron chi connectivity index (χ4n) is 4.83. The highest BCUT2D eigenvalue weighted by atomic mass is 19.2. The summed E-state index contributed by atoms with van der Waals surface area (Å²) in [7, 11) is 0. The largest absolute Gasteiger partial charge is 0.334 e. The zero-order valence-corrected chi connectivity index (χ0v) is 17.0. The van der Waals surface area contributed by atoms with Crippen LogP contribution in [-0.4, -0.2) is 33.2 Å². The van der Waals surface area contributed by atoms with Crippen molar-refractivity contribution in [1.82, 2.24) is 14.7 Å². The number of hydrogen-bond donors (Lipinski definition) is 0. The van der Waals surface area contributed by atoms with Gasteiger partial charge in [0.25, 0.3) is 5.91 Å². The summed E-state index contributed by atoms with van der Waals surface area (Å²) in [6.07, 6.45) is 4.70. The standard InChI is InChI=1S/C24H22F3N3O/c25-16-5-1-4-15(12-16)13-17-6-3-11-29(17)24(31)23-19-7-2-8-22(19)30(28-23)18-9-10-20(26)21(27)14-18/h1,4-5,9-10,12,14,17H,2-3,6-8,11,13H2. The fourth-order valence-corrected chi connectivity index (χ4v) is 4.83. The third-order valence-electron chi connectivity index (χ3n) is 6.28. The van der Waals surface area contributed by atoms with Crippen molar-refractivity contribution in [3.05, 3.63) is 82.4 Å². The van der Waals surface area contributed by atoms with Crippen LogP contribution in [0.1, 0.15) is 46.6 Å². The van der Waals surface area contributed by atoms with E-state index >= 15 is 0 Å². The van der Waals surface area contributed by atoms with Gasteiger partial charge in [-0.05, 0) is 68.4 Å². The summed E-state index contributed by atoms with van der Waals surface area (Å²) in [6, 6.07) is 10.1. The Morgan fingerprint density at radius 2 is 1.90 bits per heavy atom. The number of likely N-dealkylation sites (tertiary alicyclic amines) is 1. The molecule has 0 radical (unpaired) electrons. The Kier molecular flexibility index (Phi) is 5.04. The zero-order valence-electron chi connectivity index (χ0n) is 17.0. The molecule has 2 aliphatic rings. The molecule has 0 spiro atoms. The topological polar surface area (TPSA) is 38.1 Å². The molecule has 2 heterocycles. The number of carbonyl (C=O) groups excluding carboxylic acids is 1. The summed E-state index contributed by atoms with van der Waals surface area (Å²) in [6.45, 7) is 0.631. The van der Waals surface area contributed by atoms with Gasteiger partial charge in [0.2, 0.25) is 0 Å². The van der Waals surface area contributed by atoms with Crippen molar-refractivity contribution >= 4 is 5.91 Å². The van der Waals surface area contributed by atoms with E-state index in [4.69, 9.17) is 0 Å². The number of aromatic nitrogens is 2. The second kappa shape index (κ2) is 7.87. The Morgan fingerprint density at radius 1 is 1.03 bits per heavy atom. The average Bonchev–Trinajstić information content (AvgIpc) is 3.46. The van der Waals surface area contributed by atoms with Gasteiger partial charge in [-0.15, -0.1) is 0 Å². The van der Waals surface area contributed by atoms with E-state index in [0.717, 1.165) is 61.1 Å². The van der Waals surface area contributed by atoms with Crippen molar-refractivity contribution < 1.29 is 18.0 Å². The summed E-state index contributed by atoms with van der Waals surface area (Å²) in [5, 5.41) is 4.55. The lowest BCUT2D eigenvalue weighted by molar-refractivity contribution is 0.0729.